The van der Waals surface area contributed by atoms with Crippen LogP contribution in [0.1, 0.15) is 26.3 Å². The van der Waals surface area contributed by atoms with Gasteiger partial charge in [0.2, 0.25) is 0 Å². The number of aliphatic carboxylic acids is 1. The summed E-state index contributed by atoms with van der Waals surface area (Å²) in [7, 11) is -4.00. The quantitative estimate of drug-likeness (QED) is 0.896. The third kappa shape index (κ3) is 1.53. The number of benzene rings is 1. The van der Waals surface area contributed by atoms with Crippen molar-refractivity contribution in [2.24, 2.45) is 0 Å². The summed E-state index contributed by atoms with van der Waals surface area (Å²) < 4.78 is 23.4. The lowest BCUT2D eigenvalue weighted by atomic mass is 9.91. The molecule has 1 aromatic carbocycles. The molecule has 1 aliphatic rings. The zero-order valence-corrected chi connectivity index (χ0v) is 12.1. The van der Waals surface area contributed by atoms with Crippen LogP contribution in [0.4, 0.5) is 0 Å². The number of amides is 1. The van der Waals surface area contributed by atoms with E-state index in [0.717, 1.165) is 0 Å². The Bertz CT molecular complexity index is 680. The van der Waals surface area contributed by atoms with Crippen LogP contribution in [-0.4, -0.2) is 34.5 Å². The highest BCUT2D eigenvalue weighted by molar-refractivity contribution is 7.94. The van der Waals surface area contributed by atoms with Crippen LogP contribution in [0.15, 0.2) is 30.3 Å². The summed E-state index contributed by atoms with van der Waals surface area (Å²) >= 11 is 0. The van der Waals surface area contributed by atoms with Gasteiger partial charge in [-0.15, -0.1) is 0 Å². The van der Waals surface area contributed by atoms with E-state index in [1.165, 1.54) is 32.9 Å². The van der Waals surface area contributed by atoms with Gasteiger partial charge in [-0.1, -0.05) is 30.3 Å². The predicted octanol–water partition coefficient (Wildman–Crippen LogP) is 0.937. The number of carboxylic acids is 1. The van der Waals surface area contributed by atoms with Crippen molar-refractivity contribution in [3.63, 3.8) is 0 Å². The largest absolute Gasteiger partial charge is 0.479 e. The first kappa shape index (κ1) is 14.5. The Morgan fingerprint density at radius 3 is 2.15 bits per heavy atom. The summed E-state index contributed by atoms with van der Waals surface area (Å²) in [6, 6.07) is 7.85. The van der Waals surface area contributed by atoms with Crippen LogP contribution in [0.2, 0.25) is 0 Å². The summed E-state index contributed by atoms with van der Waals surface area (Å²) in [5, 5.41) is 9.48. The number of nitrogens with zero attached hydrogens (tertiary/aromatic N) is 1. The van der Waals surface area contributed by atoms with Crippen molar-refractivity contribution in [2.75, 3.05) is 0 Å². The molecular formula is C13H15NO5S. The average Bonchev–Trinajstić information content (AvgIpc) is 2.38. The molecule has 108 valence electrons. The van der Waals surface area contributed by atoms with E-state index in [4.69, 9.17) is 0 Å². The Morgan fingerprint density at radius 1 is 1.25 bits per heavy atom. The van der Waals surface area contributed by atoms with Gasteiger partial charge in [0.05, 0.1) is 0 Å². The van der Waals surface area contributed by atoms with Gasteiger partial charge in [-0.25, -0.2) is 17.5 Å². The Morgan fingerprint density at radius 2 is 1.75 bits per heavy atom. The second-order valence-electron chi connectivity index (χ2n) is 5.33. The van der Waals surface area contributed by atoms with Crippen LogP contribution in [0.5, 0.6) is 0 Å². The summed E-state index contributed by atoms with van der Waals surface area (Å²) in [5.74, 6) is -2.11. The fraction of sp³-hybridized carbons (Fsp3) is 0.385. The maximum absolute atomic E-state index is 12.2. The number of carboxylic acid groups (broad SMARTS) is 1. The number of carbonyl (C=O) groups is 2. The van der Waals surface area contributed by atoms with Gasteiger partial charge in [-0.2, -0.15) is 0 Å². The number of hydrogen-bond acceptors (Lipinski definition) is 4. The van der Waals surface area contributed by atoms with Crippen LogP contribution >= 0.6 is 0 Å². The van der Waals surface area contributed by atoms with E-state index in [2.05, 4.69) is 0 Å². The molecule has 1 N–H and O–H groups in total. The molecule has 1 aliphatic heterocycles. The molecule has 0 saturated carbocycles. The minimum Gasteiger partial charge on any atom is -0.479 e. The van der Waals surface area contributed by atoms with Crippen LogP contribution in [0.25, 0.3) is 0 Å². The van der Waals surface area contributed by atoms with Crippen LogP contribution < -0.4 is 0 Å². The molecule has 0 radical (unpaired) electrons. The highest BCUT2D eigenvalue weighted by Crippen LogP contribution is 2.44. The molecule has 1 atom stereocenters. The van der Waals surface area contributed by atoms with Crippen molar-refractivity contribution in [2.45, 2.75) is 31.1 Å². The van der Waals surface area contributed by atoms with Gasteiger partial charge in [-0.3, -0.25) is 4.79 Å². The topological polar surface area (TPSA) is 91.8 Å². The van der Waals surface area contributed by atoms with E-state index in [0.29, 0.717) is 4.31 Å². The Labute approximate surface area is 117 Å². The zero-order valence-electron chi connectivity index (χ0n) is 11.3. The van der Waals surface area contributed by atoms with E-state index >= 15 is 0 Å². The molecule has 1 fully saturated rings. The maximum Gasteiger partial charge on any atom is 0.335 e. The summed E-state index contributed by atoms with van der Waals surface area (Å²) in [5.41, 5.74) is -1.70. The first-order valence-electron chi connectivity index (χ1n) is 5.96. The zero-order chi connectivity index (χ0) is 15.3. The lowest BCUT2D eigenvalue weighted by molar-refractivity contribution is -0.156. The van der Waals surface area contributed by atoms with E-state index in [1.54, 1.807) is 18.2 Å². The van der Waals surface area contributed by atoms with Crippen molar-refractivity contribution in [1.82, 2.24) is 4.31 Å². The van der Waals surface area contributed by atoms with Crippen molar-refractivity contribution in [3.05, 3.63) is 35.9 Å². The normalized spacial score (nSPS) is 22.8. The number of hydrogen-bond donors (Lipinski definition) is 1. The molecule has 6 nitrogen and oxygen atoms in total. The molecule has 0 spiro atoms. The SMILES string of the molecule is CC(C(=O)O)(c1ccccc1)N1C(=O)C(C)(C)S1(=O)=O. The standard InChI is InChI=1S/C13H15NO5S/c1-12(2)10(15)14(20(12,18)19)13(3,11(16)17)9-7-5-4-6-8-9/h4-8H,1-3H3,(H,16,17). The maximum atomic E-state index is 12.2. The average molecular weight is 297 g/mol. The summed E-state index contributed by atoms with van der Waals surface area (Å²) in [6.45, 7) is 3.76. The molecule has 0 aromatic heterocycles. The first-order chi connectivity index (χ1) is 9.08. The van der Waals surface area contributed by atoms with E-state index < -0.39 is 32.2 Å². The fourth-order valence-electron chi connectivity index (χ4n) is 2.19. The molecule has 1 amide bonds. The van der Waals surface area contributed by atoms with Gasteiger partial charge in [0.15, 0.2) is 10.3 Å². The monoisotopic (exact) mass is 297 g/mol. The number of rotatable bonds is 3. The minimum atomic E-state index is -4.00. The molecule has 0 bridgehead atoms. The molecule has 1 aromatic rings. The van der Waals surface area contributed by atoms with Gasteiger partial charge in [0.25, 0.3) is 15.9 Å². The fourth-order valence-corrected chi connectivity index (χ4v) is 3.93. The second kappa shape index (κ2) is 4.05. The number of sulfonamides is 1. The van der Waals surface area contributed by atoms with E-state index in [9.17, 15) is 23.1 Å². The molecule has 2 rings (SSSR count). The summed E-state index contributed by atoms with van der Waals surface area (Å²) in [6.07, 6.45) is 0. The van der Waals surface area contributed by atoms with Gasteiger partial charge < -0.3 is 5.11 Å². The van der Waals surface area contributed by atoms with Crippen molar-refractivity contribution < 1.29 is 23.1 Å². The van der Waals surface area contributed by atoms with Gasteiger partial charge in [-0.05, 0) is 26.3 Å². The number of carbonyl (C=O) groups excluding carboxylic acids is 1. The van der Waals surface area contributed by atoms with Crippen molar-refractivity contribution in [1.29, 1.82) is 0 Å². The Hall–Kier alpha value is -1.89. The Balaban J connectivity index is 2.64. The lowest BCUT2D eigenvalue weighted by Gasteiger charge is -2.50. The van der Waals surface area contributed by atoms with E-state index in [1.807, 2.05) is 0 Å². The van der Waals surface area contributed by atoms with Crippen molar-refractivity contribution in [3.8, 4) is 0 Å². The molecule has 20 heavy (non-hydrogen) atoms. The molecule has 1 heterocycles. The smallest absolute Gasteiger partial charge is 0.335 e. The van der Waals surface area contributed by atoms with Crippen LogP contribution in [0, 0.1) is 0 Å². The Kier molecular flexibility index (Phi) is 2.94. The molecule has 0 aliphatic carbocycles. The van der Waals surface area contributed by atoms with Crippen LogP contribution in [-0.2, 0) is 25.2 Å². The van der Waals surface area contributed by atoms with E-state index in [-0.39, 0.29) is 5.56 Å². The first-order valence-corrected chi connectivity index (χ1v) is 7.40. The van der Waals surface area contributed by atoms with Crippen LogP contribution in [0.3, 0.4) is 0 Å². The van der Waals surface area contributed by atoms with Gasteiger partial charge >= 0.3 is 5.97 Å². The van der Waals surface area contributed by atoms with Crippen molar-refractivity contribution >= 4 is 21.9 Å². The second-order valence-corrected chi connectivity index (χ2v) is 7.66. The highest BCUT2D eigenvalue weighted by atomic mass is 32.2. The lowest BCUT2D eigenvalue weighted by Crippen LogP contribution is -2.73. The molecular weight excluding hydrogens is 282 g/mol. The minimum absolute atomic E-state index is 0.236. The summed E-state index contributed by atoms with van der Waals surface area (Å²) in [4.78, 5) is 23.7. The third-order valence-corrected chi connectivity index (χ3v) is 6.22. The molecule has 7 heteroatoms. The molecule has 1 unspecified atom stereocenters. The highest BCUT2D eigenvalue weighted by Gasteiger charge is 2.67. The molecule has 1 saturated heterocycles. The predicted molar refractivity (Wildman–Crippen MR) is 71.3 cm³/mol. The van der Waals surface area contributed by atoms with Gasteiger partial charge in [0, 0.05) is 0 Å². The van der Waals surface area contributed by atoms with Gasteiger partial charge in [0.1, 0.15) is 0 Å². The third-order valence-electron chi connectivity index (χ3n) is 3.74.